The topological polar surface area (TPSA) is 384 Å². The molecule has 0 atom stereocenters. The summed E-state index contributed by atoms with van der Waals surface area (Å²) in [4.78, 5) is 29.9. The molecule has 4 heterocycles. The molecule has 2 amide bonds. The Morgan fingerprint density at radius 2 is 1.33 bits per heavy atom. The number of pyridine rings is 1. The number of rotatable bonds is 16. The Labute approximate surface area is 480 Å². The molecule has 0 bridgehead atoms. The molecule has 7 N–H and O–H groups in total. The van der Waals surface area contributed by atoms with Crippen molar-refractivity contribution in [3.8, 4) is 0 Å². The van der Waals surface area contributed by atoms with Crippen LogP contribution in [0.4, 0.5) is 16.5 Å². The predicted molar refractivity (Wildman–Crippen MR) is 306 cm³/mol. The van der Waals surface area contributed by atoms with Crippen molar-refractivity contribution in [1.82, 2.24) is 20.5 Å². The van der Waals surface area contributed by atoms with Gasteiger partial charge in [-0.25, -0.2) is 22.0 Å². The van der Waals surface area contributed by atoms with Gasteiger partial charge in [-0.05, 0) is 122 Å². The van der Waals surface area contributed by atoms with Crippen LogP contribution in [0.15, 0.2) is 145 Å². The van der Waals surface area contributed by atoms with Gasteiger partial charge in [0.25, 0.3) is 52.2 Å². The van der Waals surface area contributed by atoms with Crippen LogP contribution in [-0.2, 0) is 67.9 Å². The van der Waals surface area contributed by atoms with Gasteiger partial charge in [0.1, 0.15) is 21.6 Å². The summed E-state index contributed by atoms with van der Waals surface area (Å²) < 4.78 is 168. The average Bonchev–Trinajstić information content (AvgIpc) is 1.75. The van der Waals surface area contributed by atoms with E-state index in [0.717, 1.165) is 12.1 Å². The summed E-state index contributed by atoms with van der Waals surface area (Å²) in [7, 11) is -24.4. The SMILES string of the molecule is CCN1/C(=C/C=C(/C=C/C2=[N+](CC)c3ccc4c(S(=O)(=O)[O-])cc(S(=O)(=O)O)cc4c3C2(C)C)c2ccc(C(=O)NCc3ccc(C(=O)Nc4nnc(S(N)(=O)=O)s4)cc3)cn2)C(C)(C)c2c1ccc1c(S(=O)(=O)O)cc(S(=O)(=O)O)cc21. The maximum absolute atomic E-state index is 13.6. The lowest BCUT2D eigenvalue weighted by Crippen LogP contribution is -2.28. The number of allylic oxidation sites excluding steroid dienone is 6. The quantitative estimate of drug-likeness (QED) is 0.0262. The summed E-state index contributed by atoms with van der Waals surface area (Å²) in [5.74, 6) is -1.12. The summed E-state index contributed by atoms with van der Waals surface area (Å²) >= 11 is 0.578. The minimum absolute atomic E-state index is 0.00307. The van der Waals surface area contributed by atoms with Gasteiger partial charge in [-0.2, -0.15) is 29.8 Å². The van der Waals surface area contributed by atoms with E-state index in [4.69, 9.17) is 10.1 Å². The van der Waals surface area contributed by atoms with Crippen molar-refractivity contribution >= 4 is 123 Å². The zero-order chi connectivity index (χ0) is 60.7. The molecule has 2 aliphatic rings. The van der Waals surface area contributed by atoms with Crippen LogP contribution in [0.5, 0.6) is 0 Å². The summed E-state index contributed by atoms with van der Waals surface area (Å²) in [5.41, 5.74) is 2.90. The van der Waals surface area contributed by atoms with E-state index in [1.807, 2.05) is 51.0 Å². The van der Waals surface area contributed by atoms with Crippen LogP contribution in [0.3, 0.4) is 0 Å². The minimum atomic E-state index is -5.27. The second kappa shape index (κ2) is 21.3. The maximum Gasteiger partial charge on any atom is 0.295 e. The fraction of sp³-hybridized carbons (Fsp3) is 0.208. The first-order valence-corrected chi connectivity index (χ1v) is 32.8. The van der Waals surface area contributed by atoms with Gasteiger partial charge in [-0.3, -0.25) is 33.5 Å². The van der Waals surface area contributed by atoms with Crippen molar-refractivity contribution in [3.63, 3.8) is 0 Å². The van der Waals surface area contributed by atoms with Crippen LogP contribution in [-0.4, -0.2) is 111 Å². The van der Waals surface area contributed by atoms with Gasteiger partial charge in [0.2, 0.25) is 15.2 Å². The number of hydrogen-bond donors (Lipinski definition) is 6. The number of primary sulfonamides is 1. The molecule has 0 aliphatic carbocycles. The van der Waals surface area contributed by atoms with E-state index < -0.39 is 97.1 Å². The van der Waals surface area contributed by atoms with Crippen molar-refractivity contribution in [3.05, 3.63) is 155 Å². The first-order valence-electron chi connectivity index (χ1n) is 24.7. The number of fused-ring (bicyclic) bond motifs is 6. The van der Waals surface area contributed by atoms with Gasteiger partial charge in [-0.15, -0.1) is 10.2 Å². The molecular weight excluding hydrogens is 1200 g/mol. The third-order valence-electron chi connectivity index (χ3n) is 14.3. The van der Waals surface area contributed by atoms with Crippen LogP contribution in [0.25, 0.3) is 27.1 Å². The number of anilines is 2. The van der Waals surface area contributed by atoms with Crippen molar-refractivity contribution in [2.45, 2.75) is 82.8 Å². The van der Waals surface area contributed by atoms with E-state index in [0.29, 0.717) is 87.3 Å². The fourth-order valence-corrected chi connectivity index (χ4v) is 14.5. The van der Waals surface area contributed by atoms with E-state index in [1.54, 1.807) is 54.6 Å². The van der Waals surface area contributed by atoms with Crippen molar-refractivity contribution in [2.75, 3.05) is 23.3 Å². The van der Waals surface area contributed by atoms with Gasteiger partial charge in [0.05, 0.1) is 31.4 Å². The Kier molecular flexibility index (Phi) is 15.4. The average molecular weight is 1250 g/mol. The molecule has 2 aromatic heterocycles. The summed E-state index contributed by atoms with van der Waals surface area (Å²) in [6.45, 7) is 11.7. The fourth-order valence-electron chi connectivity index (χ4n) is 10.5. The smallest absolute Gasteiger partial charge is 0.295 e. The molecule has 0 unspecified atom stereocenters. The van der Waals surface area contributed by atoms with Crippen LogP contribution in [0.2, 0.25) is 0 Å². The Morgan fingerprint density at radius 3 is 1.88 bits per heavy atom. The number of nitrogens with zero attached hydrogens (tertiary/aromatic N) is 5. The number of carbonyl (C=O) groups excluding carboxylic acids is 2. The first kappa shape index (κ1) is 60.1. The van der Waals surface area contributed by atoms with Gasteiger partial charge >= 0.3 is 0 Å². The van der Waals surface area contributed by atoms with Gasteiger partial charge in [0.15, 0.2) is 5.71 Å². The molecule has 24 nitrogen and oxygen atoms in total. The number of sulfonamides is 1. The lowest BCUT2D eigenvalue weighted by atomic mass is 9.79. The highest BCUT2D eigenvalue weighted by Crippen LogP contribution is 2.52. The Hall–Kier alpha value is -7.49. The molecular formula is C53H50N8O16S6. The number of benzene rings is 5. The Bertz CT molecular complexity index is 4670. The van der Waals surface area contributed by atoms with Crippen LogP contribution in [0, 0.1) is 0 Å². The monoisotopic (exact) mass is 1250 g/mol. The molecule has 0 spiro atoms. The zero-order valence-electron chi connectivity index (χ0n) is 44.5. The molecule has 0 fully saturated rings. The lowest BCUT2D eigenvalue weighted by Gasteiger charge is -2.26. The second-order valence-electron chi connectivity index (χ2n) is 20.1. The molecule has 83 heavy (non-hydrogen) atoms. The molecule has 5 aromatic carbocycles. The van der Waals surface area contributed by atoms with Crippen molar-refractivity contribution < 1.29 is 74.5 Å². The van der Waals surface area contributed by atoms with Crippen LogP contribution < -0.4 is 20.7 Å². The highest BCUT2D eigenvalue weighted by molar-refractivity contribution is 7.91. The Balaban J connectivity index is 1.10. The second-order valence-corrected chi connectivity index (χ2v) is 28.4. The number of carbonyl (C=O) groups is 2. The molecule has 0 saturated carbocycles. The summed E-state index contributed by atoms with van der Waals surface area (Å²) in [6, 6.07) is 19.0. The highest BCUT2D eigenvalue weighted by Gasteiger charge is 2.46. The molecule has 30 heteroatoms. The largest absolute Gasteiger partial charge is 0.744 e. The maximum atomic E-state index is 13.6. The lowest BCUT2D eigenvalue weighted by molar-refractivity contribution is -0.433. The van der Waals surface area contributed by atoms with Crippen LogP contribution in [0.1, 0.15) is 84.6 Å². The standard InChI is InChI=1S/C53H50N8O16S6/c1-7-60-40-19-16-35-37(23-33(80(66,67)68)25-42(35)82(72,73)74)46(40)52(3,4)44(60)21-14-30(15-22-45-53(5,6)47-38-24-34(81(69,70)71)26-43(83(75,76)77)36(38)17-20-41(47)61(45)8-2)39-18-13-32(28-55-39)48(62)56-27-29-9-11-31(12-10-29)49(63)57-50-58-59-51(78-50)79(54,64)65/h9-26,28H,7-8,27H2,1-6H3,(H7-,54,56,57,58,62,63,64,65,66,67,68,69,70,71,72,73,74,75,76,77). The minimum Gasteiger partial charge on any atom is -0.744 e. The number of nitrogens with one attached hydrogen (secondary N) is 2. The van der Waals surface area contributed by atoms with E-state index in [1.165, 1.54) is 36.5 Å². The van der Waals surface area contributed by atoms with Gasteiger partial charge < -0.3 is 14.8 Å². The zero-order valence-corrected chi connectivity index (χ0v) is 49.4. The number of nitrogens with two attached hydrogens (primary N) is 1. The van der Waals surface area contributed by atoms with Crippen LogP contribution >= 0.6 is 11.3 Å². The van der Waals surface area contributed by atoms with E-state index in [9.17, 15) is 69.9 Å². The highest BCUT2D eigenvalue weighted by atomic mass is 32.3. The van der Waals surface area contributed by atoms with Gasteiger partial charge in [0, 0.05) is 75.7 Å². The number of hydrogen-bond acceptors (Lipinski definition) is 18. The van der Waals surface area contributed by atoms with E-state index in [2.05, 4.69) is 20.8 Å². The summed E-state index contributed by atoms with van der Waals surface area (Å²) in [6.07, 6.45) is 8.39. The summed E-state index contributed by atoms with van der Waals surface area (Å²) in [5, 5.41) is 17.5. The van der Waals surface area contributed by atoms with E-state index in [-0.39, 0.29) is 44.3 Å². The number of aromatic nitrogens is 3. The third-order valence-corrected chi connectivity index (χ3v) is 19.9. The Morgan fingerprint density at radius 1 is 0.723 bits per heavy atom. The number of amides is 2. The molecule has 7 aromatic rings. The van der Waals surface area contributed by atoms with Crippen molar-refractivity contribution in [1.29, 1.82) is 0 Å². The molecule has 2 aliphatic heterocycles. The third kappa shape index (κ3) is 11.5. The van der Waals surface area contributed by atoms with E-state index >= 15 is 0 Å². The molecule has 0 saturated heterocycles. The van der Waals surface area contributed by atoms with Gasteiger partial charge in [-0.1, -0.05) is 49.5 Å². The number of likely N-dealkylation sites (N-methyl/N-ethyl adjacent to an activating group) is 1. The first-order chi connectivity index (χ1) is 38.5. The normalized spacial score (nSPS) is 16.1. The molecule has 434 valence electrons. The molecule has 9 rings (SSSR count). The predicted octanol–water partition coefficient (Wildman–Crippen LogP) is 6.45. The molecule has 0 radical (unpaired) electrons. The van der Waals surface area contributed by atoms with Crippen molar-refractivity contribution in [2.24, 2.45) is 5.14 Å².